The number of benzene rings is 2. The third kappa shape index (κ3) is 4.43. The molecule has 1 unspecified atom stereocenters. The Bertz CT molecular complexity index is 988. The number of aryl methyl sites for hydroxylation is 1. The second-order valence-corrected chi connectivity index (χ2v) is 8.03. The van der Waals surface area contributed by atoms with Crippen LogP contribution in [0.1, 0.15) is 40.7 Å². The van der Waals surface area contributed by atoms with Gasteiger partial charge in [-0.15, -0.1) is 0 Å². The van der Waals surface area contributed by atoms with E-state index in [-0.39, 0.29) is 18.4 Å². The van der Waals surface area contributed by atoms with E-state index in [4.69, 9.17) is 0 Å². The molecule has 0 bridgehead atoms. The summed E-state index contributed by atoms with van der Waals surface area (Å²) < 4.78 is 52.3. The van der Waals surface area contributed by atoms with Gasteiger partial charge in [0.2, 0.25) is 5.91 Å². The second-order valence-electron chi connectivity index (χ2n) is 8.03. The van der Waals surface area contributed by atoms with Crippen molar-refractivity contribution in [2.75, 3.05) is 24.5 Å². The van der Waals surface area contributed by atoms with Crippen LogP contribution in [0.3, 0.4) is 0 Å². The fourth-order valence-corrected chi connectivity index (χ4v) is 4.36. The number of likely N-dealkylation sites (tertiary alicyclic amines) is 1. The van der Waals surface area contributed by atoms with Gasteiger partial charge in [-0.05, 0) is 73.7 Å². The first-order valence-electron chi connectivity index (χ1n) is 10.3. The summed E-state index contributed by atoms with van der Waals surface area (Å²) in [5, 5.41) is 0. The minimum absolute atomic E-state index is 0.169. The Hall–Kier alpha value is -2.90. The van der Waals surface area contributed by atoms with Crippen LogP contribution >= 0.6 is 0 Å². The Morgan fingerprint density at radius 2 is 1.71 bits per heavy atom. The number of carbonyl (C=O) groups excluding carboxylic acids is 2. The van der Waals surface area contributed by atoms with Crippen molar-refractivity contribution in [1.29, 1.82) is 0 Å². The van der Waals surface area contributed by atoms with Crippen molar-refractivity contribution in [3.8, 4) is 0 Å². The highest BCUT2D eigenvalue weighted by Crippen LogP contribution is 2.36. The van der Waals surface area contributed by atoms with E-state index < -0.39 is 23.5 Å². The molecular weight excluding hydrogens is 412 g/mol. The van der Waals surface area contributed by atoms with E-state index in [1.54, 1.807) is 9.80 Å². The van der Waals surface area contributed by atoms with Crippen LogP contribution < -0.4 is 4.90 Å². The Labute approximate surface area is 177 Å². The number of hydrogen-bond donors (Lipinski definition) is 0. The maximum Gasteiger partial charge on any atom is 0.416 e. The molecule has 2 aliphatic rings. The summed E-state index contributed by atoms with van der Waals surface area (Å²) in [5.74, 6) is -1.28. The summed E-state index contributed by atoms with van der Waals surface area (Å²) in [6.45, 7) is 1.19. The third-order valence-corrected chi connectivity index (χ3v) is 5.94. The molecule has 0 aromatic heterocycles. The first kappa shape index (κ1) is 21.3. The minimum Gasteiger partial charge on any atom is -0.338 e. The summed E-state index contributed by atoms with van der Waals surface area (Å²) in [6.07, 6.45) is -2.09. The molecule has 2 aromatic rings. The molecule has 2 amide bonds. The van der Waals surface area contributed by atoms with E-state index in [1.165, 1.54) is 30.3 Å². The smallest absolute Gasteiger partial charge is 0.338 e. The van der Waals surface area contributed by atoms with E-state index in [1.807, 2.05) is 0 Å². The number of rotatable bonds is 2. The van der Waals surface area contributed by atoms with Crippen molar-refractivity contribution >= 4 is 17.5 Å². The van der Waals surface area contributed by atoms with E-state index in [9.17, 15) is 27.2 Å². The molecule has 1 atom stereocenters. The summed E-state index contributed by atoms with van der Waals surface area (Å²) in [5.41, 5.74) is 0.683. The molecule has 164 valence electrons. The average molecular weight is 434 g/mol. The predicted octanol–water partition coefficient (Wildman–Crippen LogP) is 4.68. The zero-order valence-corrected chi connectivity index (χ0v) is 16.8. The number of halogens is 4. The number of piperidine rings is 1. The molecular formula is C23H22F4N2O2. The number of fused-ring (bicyclic) bond motifs is 1. The average Bonchev–Trinajstić information content (AvgIpc) is 2.77. The lowest BCUT2D eigenvalue weighted by Crippen LogP contribution is -2.48. The largest absolute Gasteiger partial charge is 0.416 e. The molecule has 31 heavy (non-hydrogen) atoms. The van der Waals surface area contributed by atoms with Crippen molar-refractivity contribution < 1.29 is 27.2 Å². The van der Waals surface area contributed by atoms with Gasteiger partial charge in [0.25, 0.3) is 5.91 Å². The number of carbonyl (C=O) groups is 2. The standard InChI is InChI=1S/C23H22F4N2O2/c24-19-8-5-15(6-9-19)21(30)28-11-1-4-17(14-28)22(31)29-12-2-3-16-13-18(23(25,26)27)7-10-20(16)29/h5-10,13,17H,1-4,11-12,14H2. The van der Waals surface area contributed by atoms with Gasteiger partial charge >= 0.3 is 6.18 Å². The van der Waals surface area contributed by atoms with Gasteiger partial charge in [-0.3, -0.25) is 9.59 Å². The van der Waals surface area contributed by atoms with Crippen LogP contribution in [0.4, 0.5) is 23.2 Å². The molecule has 8 heteroatoms. The van der Waals surface area contributed by atoms with Crippen LogP contribution in [0.15, 0.2) is 42.5 Å². The topological polar surface area (TPSA) is 40.6 Å². The molecule has 2 aliphatic heterocycles. The number of alkyl halides is 3. The van der Waals surface area contributed by atoms with Crippen LogP contribution in [-0.2, 0) is 17.4 Å². The van der Waals surface area contributed by atoms with Crippen molar-refractivity contribution in [2.45, 2.75) is 31.9 Å². The molecule has 2 heterocycles. The highest BCUT2D eigenvalue weighted by Gasteiger charge is 2.36. The molecule has 4 nitrogen and oxygen atoms in total. The van der Waals surface area contributed by atoms with Crippen molar-refractivity contribution in [1.82, 2.24) is 4.90 Å². The Kier molecular flexibility index (Phi) is 5.73. The highest BCUT2D eigenvalue weighted by molar-refractivity contribution is 5.98. The van der Waals surface area contributed by atoms with E-state index in [2.05, 4.69) is 0 Å². The predicted molar refractivity (Wildman–Crippen MR) is 107 cm³/mol. The van der Waals surface area contributed by atoms with Crippen LogP contribution in [0.5, 0.6) is 0 Å². The molecule has 0 radical (unpaired) electrons. The van der Waals surface area contributed by atoms with E-state index in [0.717, 1.165) is 12.1 Å². The zero-order valence-electron chi connectivity index (χ0n) is 16.8. The van der Waals surface area contributed by atoms with Crippen molar-refractivity contribution in [3.05, 3.63) is 65.0 Å². The maximum atomic E-state index is 13.3. The lowest BCUT2D eigenvalue weighted by Gasteiger charge is -2.37. The molecule has 0 spiro atoms. The lowest BCUT2D eigenvalue weighted by molar-refractivity contribution is -0.137. The van der Waals surface area contributed by atoms with Gasteiger partial charge < -0.3 is 9.80 Å². The van der Waals surface area contributed by atoms with Gasteiger partial charge in [0.1, 0.15) is 5.82 Å². The Balaban J connectivity index is 1.51. The first-order chi connectivity index (χ1) is 14.7. The van der Waals surface area contributed by atoms with Gasteiger partial charge in [-0.1, -0.05) is 0 Å². The Morgan fingerprint density at radius 1 is 0.968 bits per heavy atom. The minimum atomic E-state index is -4.42. The zero-order chi connectivity index (χ0) is 22.2. The van der Waals surface area contributed by atoms with Crippen molar-refractivity contribution in [2.24, 2.45) is 5.92 Å². The number of anilines is 1. The molecule has 1 fully saturated rings. The summed E-state index contributed by atoms with van der Waals surface area (Å²) >= 11 is 0. The van der Waals surface area contributed by atoms with E-state index >= 15 is 0 Å². The quantitative estimate of drug-likeness (QED) is 0.645. The van der Waals surface area contributed by atoms with Crippen LogP contribution in [-0.4, -0.2) is 36.3 Å². The molecule has 2 aromatic carbocycles. The Morgan fingerprint density at radius 3 is 2.42 bits per heavy atom. The third-order valence-electron chi connectivity index (χ3n) is 5.94. The number of amides is 2. The first-order valence-corrected chi connectivity index (χ1v) is 10.3. The molecule has 4 rings (SSSR count). The van der Waals surface area contributed by atoms with Crippen LogP contribution in [0, 0.1) is 11.7 Å². The van der Waals surface area contributed by atoms with Gasteiger partial charge in [0, 0.05) is 30.9 Å². The lowest BCUT2D eigenvalue weighted by atomic mass is 9.93. The summed E-state index contributed by atoms with van der Waals surface area (Å²) in [6, 6.07) is 8.79. The SMILES string of the molecule is O=C(c1ccc(F)cc1)N1CCCC(C(=O)N2CCCc3cc(C(F)(F)F)ccc32)C1. The fourth-order valence-electron chi connectivity index (χ4n) is 4.36. The van der Waals surface area contributed by atoms with Gasteiger partial charge in [0.05, 0.1) is 11.5 Å². The van der Waals surface area contributed by atoms with Crippen LogP contribution in [0.2, 0.25) is 0 Å². The van der Waals surface area contributed by atoms with Gasteiger partial charge in [-0.2, -0.15) is 13.2 Å². The normalized spacial score (nSPS) is 19.2. The number of nitrogens with zero attached hydrogens (tertiary/aromatic N) is 2. The summed E-state index contributed by atoms with van der Waals surface area (Å²) in [4.78, 5) is 29.2. The molecule has 1 saturated heterocycles. The fraction of sp³-hybridized carbons (Fsp3) is 0.391. The van der Waals surface area contributed by atoms with Crippen molar-refractivity contribution in [3.63, 3.8) is 0 Å². The molecule has 0 aliphatic carbocycles. The highest BCUT2D eigenvalue weighted by atomic mass is 19.4. The van der Waals surface area contributed by atoms with E-state index in [0.29, 0.717) is 55.6 Å². The number of hydrogen-bond acceptors (Lipinski definition) is 2. The summed E-state index contributed by atoms with van der Waals surface area (Å²) in [7, 11) is 0. The molecule has 0 N–H and O–H groups in total. The second kappa shape index (κ2) is 8.32. The van der Waals surface area contributed by atoms with Gasteiger partial charge in [0.15, 0.2) is 0 Å². The van der Waals surface area contributed by atoms with Gasteiger partial charge in [-0.25, -0.2) is 4.39 Å². The maximum absolute atomic E-state index is 13.3. The monoisotopic (exact) mass is 434 g/mol. The van der Waals surface area contributed by atoms with Crippen LogP contribution in [0.25, 0.3) is 0 Å². The molecule has 0 saturated carbocycles.